The summed E-state index contributed by atoms with van der Waals surface area (Å²) in [5.74, 6) is -0.429. The Hall–Kier alpha value is -1.14. The SMILES string of the molecule is CN(C)C(=O)c1ccc(Cl)c(S(=O)(=O)F)c1. The molecule has 1 amide bonds. The summed E-state index contributed by atoms with van der Waals surface area (Å²) in [6, 6.07) is 3.42. The molecule has 0 saturated carbocycles. The van der Waals surface area contributed by atoms with E-state index in [0.29, 0.717) is 0 Å². The van der Waals surface area contributed by atoms with Gasteiger partial charge in [0.25, 0.3) is 5.91 Å². The summed E-state index contributed by atoms with van der Waals surface area (Å²) in [6.07, 6.45) is 0. The molecule has 0 radical (unpaired) electrons. The van der Waals surface area contributed by atoms with E-state index in [1.165, 1.54) is 31.1 Å². The van der Waals surface area contributed by atoms with Crippen LogP contribution in [0.1, 0.15) is 10.4 Å². The molecule has 0 atom stereocenters. The number of carbonyl (C=O) groups is 1. The molecule has 0 aliphatic carbocycles. The van der Waals surface area contributed by atoms with Gasteiger partial charge in [-0.1, -0.05) is 11.6 Å². The van der Waals surface area contributed by atoms with Crippen LogP contribution in [0.5, 0.6) is 0 Å². The summed E-state index contributed by atoms with van der Waals surface area (Å²) in [4.78, 5) is 12.1. The molecule has 0 heterocycles. The van der Waals surface area contributed by atoms with Gasteiger partial charge in [-0.15, -0.1) is 3.89 Å². The van der Waals surface area contributed by atoms with E-state index < -0.39 is 21.0 Å². The zero-order chi connectivity index (χ0) is 12.5. The molecule has 16 heavy (non-hydrogen) atoms. The van der Waals surface area contributed by atoms with Gasteiger partial charge in [-0.2, -0.15) is 8.42 Å². The van der Waals surface area contributed by atoms with Crippen LogP contribution >= 0.6 is 11.6 Å². The van der Waals surface area contributed by atoms with Crippen molar-refractivity contribution in [3.63, 3.8) is 0 Å². The summed E-state index contributed by atoms with van der Waals surface area (Å²) in [6.45, 7) is 0. The van der Waals surface area contributed by atoms with Crippen LogP contribution < -0.4 is 0 Å². The van der Waals surface area contributed by atoms with Crippen molar-refractivity contribution < 1.29 is 17.1 Å². The number of carbonyl (C=O) groups excluding carboxylic acids is 1. The van der Waals surface area contributed by atoms with Crippen LogP contribution in [0.4, 0.5) is 3.89 Å². The van der Waals surface area contributed by atoms with Gasteiger partial charge < -0.3 is 4.90 Å². The quantitative estimate of drug-likeness (QED) is 0.765. The molecule has 0 unspecified atom stereocenters. The van der Waals surface area contributed by atoms with Crippen molar-refractivity contribution >= 4 is 27.7 Å². The van der Waals surface area contributed by atoms with E-state index in [0.717, 1.165) is 6.07 Å². The van der Waals surface area contributed by atoms with Crippen molar-refractivity contribution in [2.45, 2.75) is 4.90 Å². The van der Waals surface area contributed by atoms with Crippen LogP contribution in [0.15, 0.2) is 23.1 Å². The number of nitrogens with zero attached hydrogens (tertiary/aromatic N) is 1. The van der Waals surface area contributed by atoms with Gasteiger partial charge in [-0.3, -0.25) is 4.79 Å². The predicted octanol–water partition coefficient (Wildman–Crippen LogP) is 1.70. The molecule has 0 bridgehead atoms. The first-order valence-electron chi connectivity index (χ1n) is 4.19. The summed E-state index contributed by atoms with van der Waals surface area (Å²) in [5.41, 5.74) is 0.0608. The molecular formula is C9H9ClFNO3S. The van der Waals surface area contributed by atoms with Crippen molar-refractivity contribution in [1.82, 2.24) is 4.90 Å². The molecular weight excluding hydrogens is 257 g/mol. The number of benzene rings is 1. The van der Waals surface area contributed by atoms with Gasteiger partial charge in [0, 0.05) is 19.7 Å². The fourth-order valence-corrected chi connectivity index (χ4v) is 2.04. The standard InChI is InChI=1S/C9H9ClFNO3S/c1-12(2)9(13)6-3-4-7(10)8(5-6)16(11,14)15/h3-5H,1-2H3. The lowest BCUT2D eigenvalue weighted by atomic mass is 10.2. The second kappa shape index (κ2) is 4.39. The molecule has 0 saturated heterocycles. The Morgan fingerprint density at radius 2 is 1.94 bits per heavy atom. The molecule has 0 aliphatic heterocycles. The topological polar surface area (TPSA) is 54.5 Å². The van der Waals surface area contributed by atoms with Crippen LogP contribution in [-0.2, 0) is 10.2 Å². The lowest BCUT2D eigenvalue weighted by Gasteiger charge is -2.10. The van der Waals surface area contributed by atoms with Crippen LogP contribution in [0.3, 0.4) is 0 Å². The highest BCUT2D eigenvalue weighted by Gasteiger charge is 2.19. The smallest absolute Gasteiger partial charge is 0.333 e. The van der Waals surface area contributed by atoms with E-state index in [2.05, 4.69) is 0 Å². The van der Waals surface area contributed by atoms with Crippen molar-refractivity contribution in [2.75, 3.05) is 14.1 Å². The first-order chi connectivity index (χ1) is 7.23. The van der Waals surface area contributed by atoms with Crippen LogP contribution in [-0.4, -0.2) is 33.3 Å². The number of halogens is 2. The zero-order valence-electron chi connectivity index (χ0n) is 8.57. The van der Waals surface area contributed by atoms with Crippen LogP contribution in [0.2, 0.25) is 5.02 Å². The van der Waals surface area contributed by atoms with E-state index in [1.54, 1.807) is 0 Å². The molecule has 88 valence electrons. The maximum Gasteiger partial charge on any atom is 0.333 e. The maximum absolute atomic E-state index is 12.8. The molecule has 1 aromatic rings. The highest BCUT2D eigenvalue weighted by atomic mass is 35.5. The Morgan fingerprint density at radius 1 is 1.38 bits per heavy atom. The number of hydrogen-bond donors (Lipinski definition) is 0. The first kappa shape index (κ1) is 12.9. The molecule has 0 aliphatic rings. The van der Waals surface area contributed by atoms with Gasteiger partial charge in [-0.25, -0.2) is 0 Å². The molecule has 0 spiro atoms. The summed E-state index contributed by atoms with van der Waals surface area (Å²) < 4.78 is 34.2. The molecule has 1 aromatic carbocycles. The van der Waals surface area contributed by atoms with Gasteiger partial charge in [-0.05, 0) is 18.2 Å². The molecule has 1 rings (SSSR count). The van der Waals surface area contributed by atoms with Crippen molar-refractivity contribution in [1.29, 1.82) is 0 Å². The van der Waals surface area contributed by atoms with Crippen LogP contribution in [0.25, 0.3) is 0 Å². The zero-order valence-corrected chi connectivity index (χ0v) is 10.1. The second-order valence-corrected chi connectivity index (χ2v) is 5.01. The Bertz CT molecular complexity index is 528. The summed E-state index contributed by atoms with van der Waals surface area (Å²) >= 11 is 5.52. The number of amides is 1. The normalized spacial score (nSPS) is 11.2. The molecule has 0 N–H and O–H groups in total. The summed E-state index contributed by atoms with van der Waals surface area (Å²) in [5, 5.41) is -0.252. The fraction of sp³-hybridized carbons (Fsp3) is 0.222. The highest BCUT2D eigenvalue weighted by Crippen LogP contribution is 2.24. The number of rotatable bonds is 2. The lowest BCUT2D eigenvalue weighted by Crippen LogP contribution is -2.21. The van der Waals surface area contributed by atoms with Crippen LogP contribution in [0, 0.1) is 0 Å². The second-order valence-electron chi connectivity index (χ2n) is 3.28. The average Bonchev–Trinajstić information content (AvgIpc) is 2.15. The third-order valence-electron chi connectivity index (χ3n) is 1.85. The Labute approximate surface area is 97.8 Å². The van der Waals surface area contributed by atoms with Crippen molar-refractivity contribution in [2.24, 2.45) is 0 Å². The molecule has 0 fully saturated rings. The van der Waals surface area contributed by atoms with Gasteiger partial charge in [0.15, 0.2) is 0 Å². The highest BCUT2D eigenvalue weighted by molar-refractivity contribution is 7.86. The van der Waals surface area contributed by atoms with E-state index in [9.17, 15) is 17.1 Å². The van der Waals surface area contributed by atoms with Gasteiger partial charge in [0.05, 0.1) is 5.02 Å². The van der Waals surface area contributed by atoms with E-state index in [4.69, 9.17) is 11.6 Å². The minimum Gasteiger partial charge on any atom is -0.345 e. The minimum atomic E-state index is -4.92. The largest absolute Gasteiger partial charge is 0.345 e. The Balaban J connectivity index is 3.34. The van der Waals surface area contributed by atoms with E-state index in [-0.39, 0.29) is 10.6 Å². The summed E-state index contributed by atoms with van der Waals surface area (Å²) in [7, 11) is -1.92. The van der Waals surface area contributed by atoms with Gasteiger partial charge in [0.1, 0.15) is 4.90 Å². The lowest BCUT2D eigenvalue weighted by molar-refractivity contribution is 0.0827. The maximum atomic E-state index is 12.8. The average molecular weight is 266 g/mol. The third-order valence-corrected chi connectivity index (χ3v) is 3.15. The molecule has 0 aromatic heterocycles. The molecule has 4 nitrogen and oxygen atoms in total. The van der Waals surface area contributed by atoms with E-state index in [1.807, 2.05) is 0 Å². The van der Waals surface area contributed by atoms with Gasteiger partial charge >= 0.3 is 10.2 Å². The van der Waals surface area contributed by atoms with E-state index >= 15 is 0 Å². The predicted molar refractivity (Wildman–Crippen MR) is 57.8 cm³/mol. The monoisotopic (exact) mass is 265 g/mol. The molecule has 7 heteroatoms. The van der Waals surface area contributed by atoms with Crippen molar-refractivity contribution in [3.05, 3.63) is 28.8 Å². The fourth-order valence-electron chi connectivity index (χ4n) is 1.08. The van der Waals surface area contributed by atoms with Crippen molar-refractivity contribution in [3.8, 4) is 0 Å². The Kier molecular flexibility index (Phi) is 3.54. The third kappa shape index (κ3) is 2.70. The Morgan fingerprint density at radius 3 is 2.38 bits per heavy atom. The van der Waals surface area contributed by atoms with Gasteiger partial charge in [0.2, 0.25) is 0 Å². The first-order valence-corrected chi connectivity index (χ1v) is 5.95. The number of hydrogen-bond acceptors (Lipinski definition) is 3. The minimum absolute atomic E-state index is 0.0608.